The highest BCUT2D eigenvalue weighted by Crippen LogP contribution is 2.37. The van der Waals surface area contributed by atoms with E-state index in [1.54, 1.807) is 12.3 Å². The van der Waals surface area contributed by atoms with Crippen LogP contribution in [-0.4, -0.2) is 12.8 Å². The Morgan fingerprint density at radius 2 is 1.77 bits per heavy atom. The molecule has 0 unspecified atom stereocenters. The molecule has 0 amide bonds. The van der Waals surface area contributed by atoms with Gasteiger partial charge >= 0.3 is 0 Å². The van der Waals surface area contributed by atoms with E-state index in [0.717, 1.165) is 21.2 Å². The van der Waals surface area contributed by atoms with Gasteiger partial charge in [-0.2, -0.15) is 5.10 Å². The maximum atomic E-state index is 6.48. The molecule has 0 atom stereocenters. The fourth-order valence-electron chi connectivity index (χ4n) is 2.69. The summed E-state index contributed by atoms with van der Waals surface area (Å²) in [5.41, 5.74) is 5.80. The molecule has 1 N–H and O–H groups in total. The predicted octanol–water partition coefficient (Wildman–Crippen LogP) is 6.86. The molecule has 7 heteroatoms. The zero-order valence-electron chi connectivity index (χ0n) is 16.4. The molecule has 3 aromatic rings. The molecule has 0 aliphatic heterocycles. The fourth-order valence-corrected chi connectivity index (χ4v) is 3.43. The molecule has 4 nitrogen and oxygen atoms in total. The third kappa shape index (κ3) is 6.39. The smallest absolute Gasteiger partial charge is 0.180 e. The van der Waals surface area contributed by atoms with Gasteiger partial charge in [0.1, 0.15) is 6.61 Å². The van der Waals surface area contributed by atoms with Crippen LogP contribution in [0.2, 0.25) is 10.0 Å². The fraction of sp³-hybridized carbons (Fsp3) is 0.174. The van der Waals surface area contributed by atoms with Gasteiger partial charge in [0.2, 0.25) is 0 Å². The standard InChI is InChI=1S/C23H21BrCl2N2O2/c1-2-29-22-12-17(13-27-28-14-18-5-3-4-6-20(18)25)11-21(26)23(22)30-15-16-7-9-19(24)10-8-16/h3-13,28H,2,14-15H2,1H3/b27-13-. The zero-order chi connectivity index (χ0) is 21.3. The van der Waals surface area contributed by atoms with Gasteiger partial charge in [0.05, 0.1) is 24.4 Å². The molecule has 0 bridgehead atoms. The van der Waals surface area contributed by atoms with Crippen molar-refractivity contribution < 1.29 is 9.47 Å². The molecule has 0 heterocycles. The molecule has 0 saturated heterocycles. The maximum absolute atomic E-state index is 6.48. The SMILES string of the molecule is CCOc1cc(/C=N\NCc2ccccc2Cl)cc(Cl)c1OCc1ccc(Br)cc1. The molecule has 30 heavy (non-hydrogen) atoms. The number of nitrogens with one attached hydrogen (secondary N) is 1. The van der Waals surface area contributed by atoms with Crippen molar-refractivity contribution in [1.82, 2.24) is 5.43 Å². The van der Waals surface area contributed by atoms with Crippen molar-refractivity contribution in [1.29, 1.82) is 0 Å². The van der Waals surface area contributed by atoms with E-state index in [9.17, 15) is 0 Å². The van der Waals surface area contributed by atoms with Crippen molar-refractivity contribution in [2.45, 2.75) is 20.1 Å². The Hall–Kier alpha value is -2.21. The van der Waals surface area contributed by atoms with Crippen molar-refractivity contribution in [3.63, 3.8) is 0 Å². The van der Waals surface area contributed by atoms with E-state index < -0.39 is 0 Å². The molecule has 0 aliphatic rings. The summed E-state index contributed by atoms with van der Waals surface area (Å²) in [6, 6.07) is 19.2. The van der Waals surface area contributed by atoms with Crippen molar-refractivity contribution in [2.24, 2.45) is 5.10 Å². The summed E-state index contributed by atoms with van der Waals surface area (Å²) >= 11 is 16.1. The molecule has 0 spiro atoms. The largest absolute Gasteiger partial charge is 0.490 e. The number of hydrogen-bond donors (Lipinski definition) is 1. The Bertz CT molecular complexity index is 1010. The maximum Gasteiger partial charge on any atom is 0.180 e. The summed E-state index contributed by atoms with van der Waals surface area (Å²) in [4.78, 5) is 0. The van der Waals surface area contributed by atoms with E-state index in [0.29, 0.717) is 41.3 Å². The van der Waals surface area contributed by atoms with Crippen LogP contribution in [0.5, 0.6) is 11.5 Å². The topological polar surface area (TPSA) is 42.8 Å². The van der Waals surface area contributed by atoms with Crippen molar-refractivity contribution in [2.75, 3.05) is 6.61 Å². The van der Waals surface area contributed by atoms with Crippen LogP contribution >= 0.6 is 39.1 Å². The first-order valence-electron chi connectivity index (χ1n) is 9.39. The summed E-state index contributed by atoms with van der Waals surface area (Å²) in [5.74, 6) is 1.09. The van der Waals surface area contributed by atoms with Crippen LogP contribution in [0.1, 0.15) is 23.6 Å². The second-order valence-corrected chi connectivity index (χ2v) is 8.09. The molecular formula is C23H21BrCl2N2O2. The Morgan fingerprint density at radius 3 is 2.50 bits per heavy atom. The number of ether oxygens (including phenoxy) is 2. The Balaban J connectivity index is 1.68. The lowest BCUT2D eigenvalue weighted by atomic mass is 10.2. The minimum Gasteiger partial charge on any atom is -0.490 e. The van der Waals surface area contributed by atoms with Crippen molar-refractivity contribution in [3.05, 3.63) is 91.9 Å². The Labute approximate surface area is 194 Å². The van der Waals surface area contributed by atoms with E-state index in [1.165, 1.54) is 0 Å². The predicted molar refractivity (Wildman–Crippen MR) is 127 cm³/mol. The third-order valence-corrected chi connectivity index (χ3v) is 5.34. The van der Waals surface area contributed by atoms with Crippen molar-refractivity contribution >= 4 is 45.3 Å². The summed E-state index contributed by atoms with van der Waals surface area (Å²) in [6.45, 7) is 3.32. The number of halogens is 3. The number of benzene rings is 3. The lowest BCUT2D eigenvalue weighted by Gasteiger charge is -2.14. The van der Waals surface area contributed by atoms with E-state index >= 15 is 0 Å². The minimum atomic E-state index is 0.389. The van der Waals surface area contributed by atoms with E-state index in [2.05, 4.69) is 26.5 Å². The lowest BCUT2D eigenvalue weighted by Crippen LogP contribution is -2.06. The summed E-state index contributed by atoms with van der Waals surface area (Å²) < 4.78 is 12.7. The average molecular weight is 508 g/mol. The first-order valence-corrected chi connectivity index (χ1v) is 10.9. The average Bonchev–Trinajstić information content (AvgIpc) is 2.73. The molecule has 0 fully saturated rings. The molecule has 0 radical (unpaired) electrons. The van der Waals surface area contributed by atoms with E-state index in [4.69, 9.17) is 32.7 Å². The highest BCUT2D eigenvalue weighted by Gasteiger charge is 2.12. The van der Waals surface area contributed by atoms with Gasteiger partial charge in [-0.1, -0.05) is 69.5 Å². The zero-order valence-corrected chi connectivity index (χ0v) is 19.5. The van der Waals surface area contributed by atoms with Gasteiger partial charge in [0.25, 0.3) is 0 Å². The highest BCUT2D eigenvalue weighted by molar-refractivity contribution is 9.10. The van der Waals surface area contributed by atoms with Crippen LogP contribution in [0.15, 0.2) is 70.2 Å². The molecule has 156 valence electrons. The molecule has 3 rings (SSSR count). The van der Waals surface area contributed by atoms with Crippen LogP contribution in [0, 0.1) is 0 Å². The van der Waals surface area contributed by atoms with Gasteiger partial charge in [-0.25, -0.2) is 0 Å². The quantitative estimate of drug-likeness (QED) is 0.254. The number of hydrogen-bond acceptors (Lipinski definition) is 4. The number of hydrazone groups is 1. The third-order valence-electron chi connectivity index (χ3n) is 4.16. The molecule has 0 aromatic heterocycles. The van der Waals surface area contributed by atoms with Crippen LogP contribution < -0.4 is 14.9 Å². The van der Waals surface area contributed by atoms with Gasteiger partial charge < -0.3 is 14.9 Å². The number of nitrogens with zero attached hydrogens (tertiary/aromatic N) is 1. The Kier molecular flexibility index (Phi) is 8.43. The van der Waals surface area contributed by atoms with E-state index in [1.807, 2.05) is 61.5 Å². The van der Waals surface area contributed by atoms with Gasteiger partial charge in [-0.3, -0.25) is 0 Å². The van der Waals surface area contributed by atoms with Crippen LogP contribution in [0.25, 0.3) is 0 Å². The highest BCUT2D eigenvalue weighted by atomic mass is 79.9. The Morgan fingerprint density at radius 1 is 1.00 bits per heavy atom. The van der Waals surface area contributed by atoms with Gasteiger partial charge in [0.15, 0.2) is 11.5 Å². The normalized spacial score (nSPS) is 10.9. The molecular weight excluding hydrogens is 487 g/mol. The van der Waals surface area contributed by atoms with Crippen LogP contribution in [0.4, 0.5) is 0 Å². The number of rotatable bonds is 9. The van der Waals surface area contributed by atoms with Crippen LogP contribution in [-0.2, 0) is 13.2 Å². The second kappa shape index (κ2) is 11.3. The first kappa shape index (κ1) is 22.5. The molecule has 3 aromatic carbocycles. The summed E-state index contributed by atoms with van der Waals surface area (Å²) in [6.07, 6.45) is 1.68. The van der Waals surface area contributed by atoms with Crippen molar-refractivity contribution in [3.8, 4) is 11.5 Å². The second-order valence-electron chi connectivity index (χ2n) is 6.36. The molecule has 0 aliphatic carbocycles. The molecule has 0 saturated carbocycles. The van der Waals surface area contributed by atoms with E-state index in [-0.39, 0.29) is 0 Å². The van der Waals surface area contributed by atoms with Gasteiger partial charge in [0, 0.05) is 9.50 Å². The monoisotopic (exact) mass is 506 g/mol. The van der Waals surface area contributed by atoms with Gasteiger partial charge in [-0.15, -0.1) is 0 Å². The summed E-state index contributed by atoms with van der Waals surface area (Å²) in [7, 11) is 0. The minimum absolute atomic E-state index is 0.389. The van der Waals surface area contributed by atoms with Crippen LogP contribution in [0.3, 0.4) is 0 Å². The summed E-state index contributed by atoms with van der Waals surface area (Å²) in [5, 5.41) is 5.43. The van der Waals surface area contributed by atoms with Gasteiger partial charge in [-0.05, 0) is 53.9 Å². The lowest BCUT2D eigenvalue weighted by molar-refractivity contribution is 0.269. The first-order chi connectivity index (χ1) is 14.6.